The third-order valence-corrected chi connectivity index (χ3v) is 6.47. The van der Waals surface area contributed by atoms with Crippen LogP contribution in [0.15, 0.2) is 30.3 Å². The molecular weight excluding hydrogens is 306 g/mol. The van der Waals surface area contributed by atoms with E-state index in [1.165, 1.54) is 0 Å². The van der Waals surface area contributed by atoms with Crippen molar-refractivity contribution in [3.05, 3.63) is 30.3 Å². The van der Waals surface area contributed by atoms with Gasteiger partial charge in [0.15, 0.2) is 0 Å². The van der Waals surface area contributed by atoms with Crippen LogP contribution in [-0.2, 0) is 13.3 Å². The molecule has 0 aliphatic heterocycles. The summed E-state index contributed by atoms with van der Waals surface area (Å²) in [5, 5.41) is 3.43. The third kappa shape index (κ3) is 8.51. The Kier molecular flexibility index (Phi) is 8.84. The van der Waals surface area contributed by atoms with Crippen LogP contribution >= 0.6 is 0 Å². The lowest BCUT2D eigenvalue weighted by molar-refractivity contribution is 0.00306. The molecule has 1 aromatic carbocycles. The van der Waals surface area contributed by atoms with E-state index in [0.717, 1.165) is 24.7 Å². The molecule has 0 aliphatic carbocycles. The lowest BCUT2D eigenvalue weighted by atomic mass is 10.3. The molecule has 0 bridgehead atoms. The van der Waals surface area contributed by atoms with Crippen molar-refractivity contribution >= 4 is 14.5 Å². The Balaban J connectivity index is 2.62. The van der Waals surface area contributed by atoms with Crippen LogP contribution in [0, 0.1) is 0 Å². The molecule has 0 saturated heterocycles. The maximum Gasteiger partial charge on any atom is 0.501 e. The van der Waals surface area contributed by atoms with Crippen LogP contribution in [0.3, 0.4) is 0 Å². The van der Waals surface area contributed by atoms with Gasteiger partial charge in [0.25, 0.3) is 0 Å². The normalized spacial score (nSPS) is 12.4. The molecule has 0 heterocycles. The van der Waals surface area contributed by atoms with Gasteiger partial charge >= 0.3 is 8.80 Å². The quantitative estimate of drug-likeness (QED) is 0.468. The Bertz CT molecular complexity index is 397. The number of hydrogen-bond donors (Lipinski definition) is 1. The molecule has 0 spiro atoms. The molecule has 5 heteroatoms. The number of para-hydroxylation sites is 1. The van der Waals surface area contributed by atoms with Crippen LogP contribution < -0.4 is 5.32 Å². The van der Waals surface area contributed by atoms with Gasteiger partial charge in [-0.05, 0) is 60.1 Å². The molecule has 0 amide bonds. The van der Waals surface area contributed by atoms with Crippen LogP contribution in [0.1, 0.15) is 48.0 Å². The monoisotopic (exact) mass is 339 g/mol. The van der Waals surface area contributed by atoms with Crippen molar-refractivity contribution in [1.82, 2.24) is 0 Å². The van der Waals surface area contributed by atoms with Gasteiger partial charge in [0, 0.05) is 36.6 Å². The van der Waals surface area contributed by atoms with Crippen molar-refractivity contribution in [3.63, 3.8) is 0 Å². The molecule has 1 aromatic rings. The number of rotatable bonds is 11. The predicted molar refractivity (Wildman–Crippen MR) is 98.8 cm³/mol. The molecule has 1 N–H and O–H groups in total. The number of nitrogens with one attached hydrogen (secondary N) is 1. The first kappa shape index (κ1) is 20.2. The van der Waals surface area contributed by atoms with Crippen molar-refractivity contribution in [2.75, 3.05) is 11.9 Å². The molecule has 1 rings (SSSR count). The number of anilines is 1. The summed E-state index contributed by atoms with van der Waals surface area (Å²) in [4.78, 5) is 0. The van der Waals surface area contributed by atoms with E-state index >= 15 is 0 Å². The van der Waals surface area contributed by atoms with Crippen molar-refractivity contribution in [2.45, 2.75) is 72.3 Å². The van der Waals surface area contributed by atoms with Crippen LogP contribution in [0.5, 0.6) is 0 Å². The summed E-state index contributed by atoms with van der Waals surface area (Å²) in [6, 6.07) is 11.1. The Morgan fingerprint density at radius 1 is 0.826 bits per heavy atom. The van der Waals surface area contributed by atoms with Gasteiger partial charge in [-0.2, -0.15) is 0 Å². The molecule has 132 valence electrons. The topological polar surface area (TPSA) is 39.7 Å². The molecule has 4 nitrogen and oxygen atoms in total. The third-order valence-electron chi connectivity index (χ3n) is 3.01. The lowest BCUT2D eigenvalue weighted by Crippen LogP contribution is -2.50. The Morgan fingerprint density at radius 2 is 1.30 bits per heavy atom. The zero-order chi connectivity index (χ0) is 17.3. The predicted octanol–water partition coefficient (Wildman–Crippen LogP) is 4.70. The van der Waals surface area contributed by atoms with Crippen LogP contribution in [0.4, 0.5) is 5.69 Å². The summed E-state index contributed by atoms with van der Waals surface area (Å²) < 4.78 is 18.5. The highest BCUT2D eigenvalue weighted by Crippen LogP contribution is 2.23. The number of benzene rings is 1. The van der Waals surface area contributed by atoms with Gasteiger partial charge in [-0.1, -0.05) is 18.2 Å². The van der Waals surface area contributed by atoms with E-state index in [-0.39, 0.29) is 18.3 Å². The fourth-order valence-corrected chi connectivity index (χ4v) is 5.72. The second-order valence-electron chi connectivity index (χ2n) is 6.58. The van der Waals surface area contributed by atoms with Crippen molar-refractivity contribution in [2.24, 2.45) is 0 Å². The first-order valence-corrected chi connectivity index (χ1v) is 10.6. The summed E-state index contributed by atoms with van der Waals surface area (Å²) in [6.07, 6.45) is 1.25. The van der Waals surface area contributed by atoms with Crippen LogP contribution in [0.25, 0.3) is 0 Å². The highest BCUT2D eigenvalue weighted by molar-refractivity contribution is 6.60. The fourth-order valence-electron chi connectivity index (χ4n) is 2.43. The van der Waals surface area contributed by atoms with Gasteiger partial charge in [-0.25, -0.2) is 0 Å². The van der Waals surface area contributed by atoms with Gasteiger partial charge in [0.05, 0.1) is 0 Å². The minimum atomic E-state index is -2.66. The van der Waals surface area contributed by atoms with E-state index in [4.69, 9.17) is 13.3 Å². The minimum absolute atomic E-state index is 0.0984. The largest absolute Gasteiger partial charge is 0.501 e. The maximum absolute atomic E-state index is 6.18. The van der Waals surface area contributed by atoms with Crippen molar-refractivity contribution in [3.8, 4) is 0 Å². The molecule has 0 radical (unpaired) electrons. The molecule has 0 saturated carbocycles. The Hall–Kier alpha value is -0.883. The summed E-state index contributed by atoms with van der Waals surface area (Å²) in [5.41, 5.74) is 1.14. The van der Waals surface area contributed by atoms with E-state index < -0.39 is 8.80 Å². The SMILES string of the molecule is CC(C)O[Si](CCCNc1ccccc1)(OC(C)C)OC(C)C. The first-order chi connectivity index (χ1) is 10.8. The molecule has 0 atom stereocenters. The Morgan fingerprint density at radius 3 is 1.74 bits per heavy atom. The molecular formula is C18H33NO3Si. The summed E-state index contributed by atoms with van der Waals surface area (Å²) in [5.74, 6) is 0. The molecule has 23 heavy (non-hydrogen) atoms. The molecule has 0 unspecified atom stereocenters. The van der Waals surface area contributed by atoms with Gasteiger partial charge in [0.2, 0.25) is 0 Å². The summed E-state index contributed by atoms with van der Waals surface area (Å²) in [7, 11) is -2.66. The van der Waals surface area contributed by atoms with E-state index in [1.54, 1.807) is 0 Å². The smallest absolute Gasteiger partial charge is 0.385 e. The van der Waals surface area contributed by atoms with E-state index in [2.05, 4.69) is 17.4 Å². The zero-order valence-electron chi connectivity index (χ0n) is 15.5. The van der Waals surface area contributed by atoms with Gasteiger partial charge < -0.3 is 18.6 Å². The van der Waals surface area contributed by atoms with Crippen molar-refractivity contribution < 1.29 is 13.3 Å². The second kappa shape index (κ2) is 10.1. The molecule has 0 aliphatic rings. The van der Waals surface area contributed by atoms with Gasteiger partial charge in [-0.15, -0.1) is 0 Å². The average Bonchev–Trinajstić information content (AvgIpc) is 2.42. The minimum Gasteiger partial charge on any atom is -0.385 e. The van der Waals surface area contributed by atoms with E-state index in [0.29, 0.717) is 0 Å². The highest BCUT2D eigenvalue weighted by Gasteiger charge is 2.43. The van der Waals surface area contributed by atoms with Gasteiger partial charge in [-0.3, -0.25) is 0 Å². The first-order valence-electron chi connectivity index (χ1n) is 8.65. The number of hydrogen-bond acceptors (Lipinski definition) is 4. The summed E-state index contributed by atoms with van der Waals surface area (Å²) >= 11 is 0. The van der Waals surface area contributed by atoms with Crippen LogP contribution in [0.2, 0.25) is 6.04 Å². The molecule has 0 fully saturated rings. The zero-order valence-corrected chi connectivity index (χ0v) is 16.5. The lowest BCUT2D eigenvalue weighted by Gasteiger charge is -2.34. The van der Waals surface area contributed by atoms with E-state index in [1.807, 2.05) is 59.7 Å². The second-order valence-corrected chi connectivity index (χ2v) is 9.15. The van der Waals surface area contributed by atoms with E-state index in [9.17, 15) is 0 Å². The Labute approximate surface area is 142 Å². The average molecular weight is 340 g/mol. The standard InChI is InChI=1S/C18H33NO3Si/c1-15(2)20-23(21-16(3)4,22-17(5)6)14-10-13-19-18-11-8-7-9-12-18/h7-9,11-12,15-17,19H,10,13-14H2,1-6H3. The van der Waals surface area contributed by atoms with Gasteiger partial charge in [0.1, 0.15) is 0 Å². The maximum atomic E-state index is 6.18. The fraction of sp³-hybridized carbons (Fsp3) is 0.667. The van der Waals surface area contributed by atoms with Crippen LogP contribution in [-0.4, -0.2) is 33.7 Å². The molecule has 0 aromatic heterocycles. The van der Waals surface area contributed by atoms with Crippen molar-refractivity contribution in [1.29, 1.82) is 0 Å². The highest BCUT2D eigenvalue weighted by atomic mass is 28.4. The summed E-state index contributed by atoms with van der Waals surface area (Å²) in [6.45, 7) is 13.1.